The maximum absolute atomic E-state index is 12.2. The molecule has 0 atom stereocenters. The summed E-state index contributed by atoms with van der Waals surface area (Å²) in [6.07, 6.45) is 0. The lowest BCUT2D eigenvalue weighted by Crippen LogP contribution is -2.50. The summed E-state index contributed by atoms with van der Waals surface area (Å²) in [5.41, 5.74) is 7.62. The predicted molar refractivity (Wildman–Crippen MR) is 107 cm³/mol. The zero-order valence-corrected chi connectivity index (χ0v) is 16.5. The molecule has 0 aromatic heterocycles. The molecule has 1 aliphatic heterocycles. The fraction of sp³-hybridized carbons (Fsp3) is 0.250. The first-order valence-corrected chi connectivity index (χ1v) is 9.72. The minimum Gasteiger partial charge on any atom is -0.482 e. The van der Waals surface area contributed by atoms with Crippen LogP contribution in [0.5, 0.6) is 5.75 Å². The van der Waals surface area contributed by atoms with Crippen molar-refractivity contribution >= 4 is 35.2 Å². The molecule has 1 aliphatic rings. The number of nitrogens with zero attached hydrogens (tertiary/aromatic N) is 1. The highest BCUT2D eigenvalue weighted by Crippen LogP contribution is 2.31. The molecule has 0 spiro atoms. The minimum absolute atomic E-state index is 0.122. The van der Waals surface area contributed by atoms with Gasteiger partial charge in [-0.15, -0.1) is 11.8 Å². The van der Waals surface area contributed by atoms with Crippen LogP contribution >= 0.6 is 11.8 Å². The van der Waals surface area contributed by atoms with E-state index in [0.717, 1.165) is 10.5 Å². The number of thioether (sulfide) groups is 1. The Bertz CT molecular complexity index is 916. The number of rotatable bonds is 5. The van der Waals surface area contributed by atoms with Gasteiger partial charge in [0, 0.05) is 4.90 Å². The number of para-hydroxylation sites is 2. The molecule has 0 aliphatic carbocycles. The lowest BCUT2D eigenvalue weighted by molar-refractivity contribution is -0.128. The van der Waals surface area contributed by atoms with Gasteiger partial charge in [0.15, 0.2) is 6.61 Å². The highest BCUT2D eigenvalue weighted by molar-refractivity contribution is 8.00. The molecule has 2 aromatic rings. The van der Waals surface area contributed by atoms with E-state index in [-0.39, 0.29) is 30.7 Å². The molecule has 0 saturated heterocycles. The van der Waals surface area contributed by atoms with Crippen LogP contribution in [0.3, 0.4) is 0 Å². The number of nitrogens with one attached hydrogen (secondary N) is 2. The van der Waals surface area contributed by atoms with Gasteiger partial charge in [-0.25, -0.2) is 0 Å². The molecule has 1 heterocycles. The van der Waals surface area contributed by atoms with Crippen LogP contribution in [0, 0.1) is 13.8 Å². The van der Waals surface area contributed by atoms with Crippen molar-refractivity contribution in [3.63, 3.8) is 0 Å². The quantitative estimate of drug-likeness (QED) is 0.593. The van der Waals surface area contributed by atoms with Crippen LogP contribution in [-0.2, 0) is 14.4 Å². The van der Waals surface area contributed by atoms with E-state index in [1.165, 1.54) is 22.2 Å². The van der Waals surface area contributed by atoms with Crippen LogP contribution in [0.4, 0.5) is 5.69 Å². The van der Waals surface area contributed by atoms with Crippen LogP contribution < -0.4 is 20.5 Å². The topological polar surface area (TPSA) is 87.7 Å². The molecule has 2 aromatic carbocycles. The van der Waals surface area contributed by atoms with E-state index in [2.05, 4.69) is 10.9 Å². The maximum Gasteiger partial charge on any atom is 0.265 e. The van der Waals surface area contributed by atoms with Gasteiger partial charge < -0.3 is 4.74 Å². The van der Waals surface area contributed by atoms with E-state index in [0.29, 0.717) is 11.4 Å². The number of carbonyl (C=O) groups excluding carboxylic acids is 3. The molecule has 2 N–H and O–H groups in total. The van der Waals surface area contributed by atoms with Crippen molar-refractivity contribution in [1.82, 2.24) is 10.9 Å². The zero-order valence-electron chi connectivity index (χ0n) is 15.7. The average molecular weight is 399 g/mol. The van der Waals surface area contributed by atoms with Crippen molar-refractivity contribution in [2.45, 2.75) is 18.7 Å². The summed E-state index contributed by atoms with van der Waals surface area (Å²) in [5, 5.41) is 0. The van der Waals surface area contributed by atoms with Crippen molar-refractivity contribution in [2.24, 2.45) is 0 Å². The number of ether oxygens (including phenoxy) is 1. The number of benzene rings is 2. The SMILES string of the molecule is Cc1ccc(SCC(=O)NNC(=O)CN2C(=O)COc3ccccc32)cc1C. The minimum atomic E-state index is -0.491. The van der Waals surface area contributed by atoms with Crippen molar-refractivity contribution in [3.05, 3.63) is 53.6 Å². The zero-order chi connectivity index (χ0) is 20.1. The third-order valence-electron chi connectivity index (χ3n) is 4.30. The first kappa shape index (κ1) is 19.8. The Kier molecular flexibility index (Phi) is 6.20. The molecule has 0 saturated carbocycles. The number of hydrazine groups is 1. The van der Waals surface area contributed by atoms with E-state index in [1.54, 1.807) is 24.3 Å². The van der Waals surface area contributed by atoms with E-state index >= 15 is 0 Å². The number of hydrogen-bond acceptors (Lipinski definition) is 5. The van der Waals surface area contributed by atoms with Crippen molar-refractivity contribution in [2.75, 3.05) is 23.8 Å². The van der Waals surface area contributed by atoms with Gasteiger partial charge in [0.1, 0.15) is 12.3 Å². The van der Waals surface area contributed by atoms with Gasteiger partial charge in [0.25, 0.3) is 11.8 Å². The number of aryl methyl sites for hydroxylation is 2. The Hall–Kier alpha value is -3.00. The summed E-state index contributed by atoms with van der Waals surface area (Å²) in [6, 6.07) is 13.0. The summed E-state index contributed by atoms with van der Waals surface area (Å²) in [6.45, 7) is 3.72. The van der Waals surface area contributed by atoms with Gasteiger partial charge in [-0.2, -0.15) is 0 Å². The molecule has 8 heteroatoms. The summed E-state index contributed by atoms with van der Waals surface area (Å²) in [7, 11) is 0. The molecular weight excluding hydrogens is 378 g/mol. The highest BCUT2D eigenvalue weighted by atomic mass is 32.2. The standard InChI is InChI=1S/C20H21N3O4S/c1-13-7-8-15(9-14(13)2)28-12-19(25)22-21-18(24)10-23-16-5-3-4-6-17(16)27-11-20(23)26/h3-9H,10-12H2,1-2H3,(H,21,24)(H,22,25). The Morgan fingerprint density at radius 3 is 2.61 bits per heavy atom. The summed E-state index contributed by atoms with van der Waals surface area (Å²) < 4.78 is 5.34. The van der Waals surface area contributed by atoms with Gasteiger partial charge in [-0.3, -0.25) is 30.1 Å². The Morgan fingerprint density at radius 1 is 1.07 bits per heavy atom. The molecule has 28 heavy (non-hydrogen) atoms. The Morgan fingerprint density at radius 2 is 1.82 bits per heavy atom. The number of fused-ring (bicyclic) bond motifs is 1. The summed E-state index contributed by atoms with van der Waals surface area (Å²) in [5.74, 6) is -0.420. The molecule has 0 fully saturated rings. The second kappa shape index (κ2) is 8.79. The second-order valence-electron chi connectivity index (χ2n) is 6.37. The fourth-order valence-corrected chi connectivity index (χ4v) is 3.43. The van der Waals surface area contributed by atoms with Gasteiger partial charge >= 0.3 is 0 Å². The molecule has 0 bridgehead atoms. The van der Waals surface area contributed by atoms with Crippen LogP contribution in [0.2, 0.25) is 0 Å². The smallest absolute Gasteiger partial charge is 0.265 e. The third kappa shape index (κ3) is 4.83. The van der Waals surface area contributed by atoms with Crippen molar-refractivity contribution < 1.29 is 19.1 Å². The van der Waals surface area contributed by atoms with E-state index < -0.39 is 5.91 Å². The van der Waals surface area contributed by atoms with E-state index in [4.69, 9.17) is 4.74 Å². The van der Waals surface area contributed by atoms with E-state index in [1.807, 2.05) is 32.0 Å². The number of carbonyl (C=O) groups is 3. The van der Waals surface area contributed by atoms with Gasteiger partial charge in [-0.1, -0.05) is 18.2 Å². The number of anilines is 1. The molecule has 3 rings (SSSR count). The number of amides is 3. The first-order chi connectivity index (χ1) is 13.4. The number of hydrogen-bond donors (Lipinski definition) is 2. The monoisotopic (exact) mass is 399 g/mol. The molecule has 146 valence electrons. The van der Waals surface area contributed by atoms with Gasteiger partial charge in [0.05, 0.1) is 11.4 Å². The van der Waals surface area contributed by atoms with Crippen molar-refractivity contribution in [1.29, 1.82) is 0 Å². The highest BCUT2D eigenvalue weighted by Gasteiger charge is 2.27. The molecule has 3 amide bonds. The summed E-state index contributed by atoms with van der Waals surface area (Å²) in [4.78, 5) is 38.5. The molecule has 0 radical (unpaired) electrons. The van der Waals surface area contributed by atoms with Gasteiger partial charge in [0.2, 0.25) is 5.91 Å². The van der Waals surface area contributed by atoms with Crippen LogP contribution in [0.1, 0.15) is 11.1 Å². The molecule has 7 nitrogen and oxygen atoms in total. The Balaban J connectivity index is 1.48. The molecular formula is C20H21N3O4S. The third-order valence-corrected chi connectivity index (χ3v) is 5.29. The maximum atomic E-state index is 12.2. The van der Waals surface area contributed by atoms with Crippen LogP contribution in [0.25, 0.3) is 0 Å². The largest absolute Gasteiger partial charge is 0.482 e. The second-order valence-corrected chi connectivity index (χ2v) is 7.42. The van der Waals surface area contributed by atoms with Crippen molar-refractivity contribution in [3.8, 4) is 5.75 Å². The molecule has 0 unspecified atom stereocenters. The predicted octanol–water partition coefficient (Wildman–Crippen LogP) is 1.97. The van der Waals surface area contributed by atoms with E-state index in [9.17, 15) is 14.4 Å². The van der Waals surface area contributed by atoms with Gasteiger partial charge in [-0.05, 0) is 49.2 Å². The lowest BCUT2D eigenvalue weighted by Gasteiger charge is -2.28. The average Bonchev–Trinajstić information content (AvgIpc) is 2.69. The first-order valence-electron chi connectivity index (χ1n) is 8.74. The normalized spacial score (nSPS) is 12.8. The van der Waals surface area contributed by atoms with Crippen LogP contribution in [0.15, 0.2) is 47.4 Å². The lowest BCUT2D eigenvalue weighted by atomic mass is 10.1. The van der Waals surface area contributed by atoms with Crippen LogP contribution in [-0.4, -0.2) is 36.6 Å². The fourth-order valence-electron chi connectivity index (χ4n) is 2.64. The Labute approximate surface area is 167 Å². The summed E-state index contributed by atoms with van der Waals surface area (Å²) >= 11 is 1.39.